The van der Waals surface area contributed by atoms with Gasteiger partial charge in [0.05, 0.1) is 37.3 Å². The van der Waals surface area contributed by atoms with Crippen molar-refractivity contribution < 1.29 is 46.8 Å². The molecular weight excluding hydrogens is 1020 g/mol. The number of likely N-dealkylation sites (tertiary alicyclic amines) is 2. The van der Waals surface area contributed by atoms with Crippen LogP contribution in [0, 0.1) is 25.5 Å². The second-order valence-corrected chi connectivity index (χ2v) is 19.8. The molecule has 2 saturated heterocycles. The zero-order valence-electron chi connectivity index (χ0n) is 44.3. The summed E-state index contributed by atoms with van der Waals surface area (Å²) in [5.41, 5.74) is 6.82. The van der Waals surface area contributed by atoms with Crippen LogP contribution in [0.3, 0.4) is 0 Å². The molecule has 404 valence electrons. The van der Waals surface area contributed by atoms with Crippen molar-refractivity contribution >= 4 is 50.6 Å². The van der Waals surface area contributed by atoms with Gasteiger partial charge in [-0.2, -0.15) is 19.0 Å². The minimum atomic E-state index is -0.553. The average molecular weight is 1080 g/mol. The first-order valence-electron chi connectivity index (χ1n) is 25.0. The van der Waals surface area contributed by atoms with Crippen LogP contribution < -0.4 is 18.9 Å². The molecule has 0 spiro atoms. The van der Waals surface area contributed by atoms with Crippen molar-refractivity contribution in [2.75, 3.05) is 40.4 Å². The number of nitrogens with zero attached hydrogens (tertiary/aromatic N) is 8. The van der Waals surface area contributed by atoms with E-state index in [1.807, 2.05) is 93.0 Å². The molecule has 6 heterocycles. The molecule has 0 unspecified atom stereocenters. The number of aryl methyl sites for hydroxylation is 2. The van der Waals surface area contributed by atoms with Crippen LogP contribution in [0.15, 0.2) is 135 Å². The number of benzene rings is 4. The van der Waals surface area contributed by atoms with E-state index in [-0.39, 0.29) is 47.1 Å². The number of ether oxygens (including phenoxy) is 5. The molecule has 0 saturated carbocycles. The highest BCUT2D eigenvalue weighted by molar-refractivity contribution is 6.66. The SMILES string of the molecule is C=CC(=O)Cl.C=CC(=O)N1CC[C@@H](n2nc(-c3ccc(Oc4cccc(OC)c4F)cc3)c3cncc(C)c32)C1.COc1cccc(Oc2ccc(-c3nn([C@@H]4CCN(C(=O)OC(C)(C)C)C4)c4c(C)cncc34)cc2)c1F. The molecule has 2 amide bonds. The molecule has 78 heavy (non-hydrogen) atoms. The molecule has 0 aliphatic carbocycles. The van der Waals surface area contributed by atoms with E-state index >= 15 is 0 Å². The fourth-order valence-electron chi connectivity index (χ4n) is 9.22. The molecule has 4 aromatic carbocycles. The van der Waals surface area contributed by atoms with Crippen LogP contribution in [-0.2, 0) is 14.3 Å². The van der Waals surface area contributed by atoms with Gasteiger partial charge in [0, 0.05) is 72.9 Å². The normalized spacial score (nSPS) is 14.9. The van der Waals surface area contributed by atoms with Crippen molar-refractivity contribution in [1.82, 2.24) is 39.3 Å². The molecule has 8 aromatic rings. The maximum absolute atomic E-state index is 14.5. The summed E-state index contributed by atoms with van der Waals surface area (Å²) in [6.45, 7) is 18.7. The van der Waals surface area contributed by atoms with Crippen LogP contribution in [-0.4, -0.2) is 103 Å². The molecule has 0 bridgehead atoms. The Morgan fingerprint density at radius 1 is 0.628 bits per heavy atom. The third kappa shape index (κ3) is 12.4. The quantitative estimate of drug-likeness (QED) is 0.0841. The lowest BCUT2D eigenvalue weighted by atomic mass is 10.1. The van der Waals surface area contributed by atoms with E-state index in [1.165, 1.54) is 20.3 Å². The summed E-state index contributed by atoms with van der Waals surface area (Å²) < 4.78 is 60.2. The van der Waals surface area contributed by atoms with Gasteiger partial charge in [-0.25, -0.2) is 4.79 Å². The molecule has 0 N–H and O–H groups in total. The fraction of sp³-hybridized carbons (Fsp3) is 0.271. The monoisotopic (exact) mass is 1080 g/mol. The zero-order valence-corrected chi connectivity index (χ0v) is 45.1. The van der Waals surface area contributed by atoms with Crippen molar-refractivity contribution in [2.24, 2.45) is 0 Å². The smallest absolute Gasteiger partial charge is 0.410 e. The fourth-order valence-corrected chi connectivity index (χ4v) is 9.22. The van der Waals surface area contributed by atoms with Crippen molar-refractivity contribution in [3.8, 4) is 57.0 Å². The Labute approximate surface area is 455 Å². The number of allylic oxidation sites excluding steroid dienone is 1. The number of carbonyl (C=O) groups excluding carboxylic acids is 3. The van der Waals surface area contributed by atoms with Crippen LogP contribution in [0.25, 0.3) is 44.3 Å². The summed E-state index contributed by atoms with van der Waals surface area (Å²) in [7, 11) is 2.83. The zero-order chi connectivity index (χ0) is 55.8. The lowest BCUT2D eigenvalue weighted by Gasteiger charge is -2.24. The first kappa shape index (κ1) is 55.6. The largest absolute Gasteiger partial charge is 0.494 e. The van der Waals surface area contributed by atoms with E-state index in [9.17, 15) is 23.2 Å². The molecular formula is C59H59ClF2N8O8. The molecule has 10 rings (SSSR count). The van der Waals surface area contributed by atoms with Crippen LogP contribution in [0.4, 0.5) is 13.6 Å². The number of pyridine rings is 2. The second kappa shape index (κ2) is 24.1. The van der Waals surface area contributed by atoms with Crippen LogP contribution in [0.2, 0.25) is 0 Å². The first-order valence-corrected chi connectivity index (χ1v) is 25.4. The summed E-state index contributed by atoms with van der Waals surface area (Å²) in [6.07, 6.45) is 11.0. The van der Waals surface area contributed by atoms with Gasteiger partial charge >= 0.3 is 6.09 Å². The van der Waals surface area contributed by atoms with Gasteiger partial charge in [-0.05, 0) is 155 Å². The second-order valence-electron chi connectivity index (χ2n) is 19.4. The summed E-state index contributed by atoms with van der Waals surface area (Å²) >= 11 is 4.71. The topological polar surface area (TPSA) is 165 Å². The number of hydrogen-bond donors (Lipinski definition) is 0. The summed E-state index contributed by atoms with van der Waals surface area (Å²) in [5.74, 6) is 0.235. The van der Waals surface area contributed by atoms with Gasteiger partial charge < -0.3 is 33.5 Å². The lowest BCUT2D eigenvalue weighted by Crippen LogP contribution is -2.35. The van der Waals surface area contributed by atoms with Gasteiger partial charge in [-0.1, -0.05) is 25.3 Å². The van der Waals surface area contributed by atoms with Crippen LogP contribution in [0.5, 0.6) is 34.5 Å². The Hall–Kier alpha value is -8.64. The van der Waals surface area contributed by atoms with E-state index in [0.29, 0.717) is 37.7 Å². The molecule has 0 radical (unpaired) electrons. The van der Waals surface area contributed by atoms with Crippen LogP contribution in [0.1, 0.15) is 56.8 Å². The molecule has 2 atom stereocenters. The van der Waals surface area contributed by atoms with Crippen molar-refractivity contribution in [3.05, 3.63) is 158 Å². The van der Waals surface area contributed by atoms with Crippen molar-refractivity contribution in [1.29, 1.82) is 0 Å². The van der Waals surface area contributed by atoms with E-state index in [2.05, 4.69) is 23.1 Å². The number of halogens is 3. The summed E-state index contributed by atoms with van der Waals surface area (Å²) in [4.78, 5) is 46.5. The van der Waals surface area contributed by atoms with Gasteiger partial charge in [0.2, 0.25) is 22.8 Å². The Morgan fingerprint density at radius 3 is 1.44 bits per heavy atom. The minimum Gasteiger partial charge on any atom is -0.494 e. The molecule has 4 aromatic heterocycles. The number of fused-ring (bicyclic) bond motifs is 2. The Kier molecular flexibility index (Phi) is 17.2. The highest BCUT2D eigenvalue weighted by Crippen LogP contribution is 2.38. The molecule has 2 fully saturated rings. The van der Waals surface area contributed by atoms with Crippen LogP contribution >= 0.6 is 11.6 Å². The minimum absolute atomic E-state index is 0.0125. The predicted octanol–water partition coefficient (Wildman–Crippen LogP) is 12.8. The van der Waals surface area contributed by atoms with Gasteiger partial charge in [0.15, 0.2) is 23.0 Å². The highest BCUT2D eigenvalue weighted by Gasteiger charge is 2.33. The van der Waals surface area contributed by atoms with Gasteiger partial charge in [0.25, 0.3) is 0 Å². The number of amides is 2. The van der Waals surface area contributed by atoms with Crippen molar-refractivity contribution in [2.45, 2.75) is 65.1 Å². The van der Waals surface area contributed by atoms with E-state index in [1.54, 1.807) is 70.5 Å². The first-order chi connectivity index (χ1) is 37.4. The third-order valence-electron chi connectivity index (χ3n) is 12.9. The number of hydrogen-bond acceptors (Lipinski definition) is 12. The van der Waals surface area contributed by atoms with Crippen molar-refractivity contribution in [3.63, 3.8) is 0 Å². The third-order valence-corrected chi connectivity index (χ3v) is 13.1. The molecule has 2 aliphatic heterocycles. The van der Waals surface area contributed by atoms with E-state index in [0.717, 1.165) is 74.4 Å². The molecule has 16 nitrogen and oxygen atoms in total. The van der Waals surface area contributed by atoms with Gasteiger partial charge in [-0.15, -0.1) is 0 Å². The Balaban J connectivity index is 0.000000190. The number of carbonyl (C=O) groups is 3. The maximum Gasteiger partial charge on any atom is 0.410 e. The van der Waals surface area contributed by atoms with E-state index in [4.69, 9.17) is 45.5 Å². The highest BCUT2D eigenvalue weighted by atomic mass is 35.5. The number of rotatable bonds is 12. The Morgan fingerprint density at radius 2 is 1.04 bits per heavy atom. The Bertz CT molecular complexity index is 3510. The lowest BCUT2D eigenvalue weighted by molar-refractivity contribution is -0.125. The summed E-state index contributed by atoms with van der Waals surface area (Å²) in [6, 6.07) is 24.3. The summed E-state index contributed by atoms with van der Waals surface area (Å²) in [5, 5.41) is 11.3. The standard InChI is InChI=1S/C29H31FN4O4.C27H25FN4O3.C3H3ClO/c1-18-15-31-16-22-26(19-9-11-21(12-10-19)37-24-8-6-7-23(36-5)25(24)30)32-34(27(18)22)20-13-14-33(17-20)28(35)38-29(2,3)4;1-4-24(33)31-13-12-19(16-31)32-27-17(2)14-29-15-21(27)26(30-32)18-8-10-20(11-9-18)35-23-7-5-6-22(34-3)25(23)28;1-2-3(4)5/h6-12,15-16,20H,13-14,17H2,1-5H3;4-11,14-15,19H,1,12-13,16H2,2-3H3;2H,1H2/t20-;19-;/m11./s1. The van der Waals surface area contributed by atoms with E-state index < -0.39 is 22.5 Å². The molecule has 2 aliphatic rings. The number of aromatic nitrogens is 6. The average Bonchev–Trinajstić information content (AvgIpc) is 4.34. The van der Waals surface area contributed by atoms with Gasteiger partial charge in [0.1, 0.15) is 28.5 Å². The molecule has 19 heteroatoms. The van der Waals surface area contributed by atoms with Gasteiger partial charge in [-0.3, -0.25) is 28.9 Å². The number of methoxy groups -OCH3 is 2. The predicted molar refractivity (Wildman–Crippen MR) is 294 cm³/mol. The maximum atomic E-state index is 14.5.